The van der Waals surface area contributed by atoms with E-state index in [0.29, 0.717) is 5.69 Å². The highest BCUT2D eigenvalue weighted by atomic mass is 32.2. The van der Waals surface area contributed by atoms with Crippen molar-refractivity contribution < 1.29 is 31.4 Å². The van der Waals surface area contributed by atoms with E-state index in [1.54, 1.807) is 30.3 Å². The van der Waals surface area contributed by atoms with E-state index in [9.17, 15) is 36.6 Å². The van der Waals surface area contributed by atoms with Crippen LogP contribution < -0.4 is 5.73 Å². The largest absolute Gasteiger partial charge is 0.505 e. The number of rotatable bonds is 7. The van der Waals surface area contributed by atoms with Gasteiger partial charge < -0.3 is 10.8 Å². The van der Waals surface area contributed by atoms with Crippen molar-refractivity contribution >= 4 is 64.9 Å². The molecule has 200 valence electrons. The summed E-state index contributed by atoms with van der Waals surface area (Å²) >= 11 is 0. The molecule has 0 fully saturated rings. The average Bonchev–Trinajstić information content (AvgIpc) is 2.86. The number of nitrogens with zero attached hydrogens (tertiary/aromatic N) is 5. The Kier molecular flexibility index (Phi) is 7.10. The normalized spacial score (nSPS) is 12.5. The lowest BCUT2D eigenvalue weighted by Gasteiger charge is -2.14. The van der Waals surface area contributed by atoms with Crippen molar-refractivity contribution in [1.29, 1.82) is 0 Å². The molecule has 4 aromatic carbocycles. The van der Waals surface area contributed by atoms with E-state index >= 15 is 0 Å². The molecule has 0 aromatic heterocycles. The van der Waals surface area contributed by atoms with Crippen molar-refractivity contribution in [2.75, 3.05) is 12.0 Å². The number of nitro groups is 1. The second-order valence-corrected chi connectivity index (χ2v) is 11.4. The van der Waals surface area contributed by atoms with E-state index in [1.165, 1.54) is 24.3 Å². The van der Waals surface area contributed by atoms with E-state index in [4.69, 9.17) is 5.73 Å². The molecule has 4 aromatic rings. The smallest absolute Gasteiger partial charge is 0.296 e. The summed E-state index contributed by atoms with van der Waals surface area (Å²) in [4.78, 5) is 8.95. The molecular formula is C23H18N6O8S2. The van der Waals surface area contributed by atoms with Crippen molar-refractivity contribution in [2.24, 2.45) is 20.5 Å². The molecule has 0 spiro atoms. The van der Waals surface area contributed by atoms with Gasteiger partial charge in [-0.25, -0.2) is 8.42 Å². The number of anilines is 1. The third-order valence-corrected chi connectivity index (χ3v) is 7.32. The van der Waals surface area contributed by atoms with Crippen molar-refractivity contribution in [1.82, 2.24) is 0 Å². The summed E-state index contributed by atoms with van der Waals surface area (Å²) in [6, 6.07) is 14.9. The van der Waals surface area contributed by atoms with Crippen LogP contribution in [0.2, 0.25) is 0 Å². The summed E-state index contributed by atoms with van der Waals surface area (Å²) in [6.45, 7) is 0. The maximum absolute atomic E-state index is 12.6. The Hall–Kier alpha value is -4.80. The monoisotopic (exact) mass is 570 g/mol. The van der Waals surface area contributed by atoms with E-state index < -0.39 is 51.8 Å². The number of benzene rings is 4. The van der Waals surface area contributed by atoms with E-state index in [0.717, 1.165) is 18.4 Å². The fraction of sp³-hybridized carbons (Fsp3) is 0.0435. The molecule has 0 radical (unpaired) electrons. The van der Waals surface area contributed by atoms with Gasteiger partial charge in [0.15, 0.2) is 15.6 Å². The van der Waals surface area contributed by atoms with Crippen LogP contribution in [-0.4, -0.2) is 37.7 Å². The van der Waals surface area contributed by atoms with Crippen molar-refractivity contribution in [2.45, 2.75) is 9.79 Å². The van der Waals surface area contributed by atoms with Crippen LogP contribution >= 0.6 is 0 Å². The molecule has 0 unspecified atom stereocenters. The molecule has 0 amide bonds. The summed E-state index contributed by atoms with van der Waals surface area (Å²) in [5.41, 5.74) is 5.03. The van der Waals surface area contributed by atoms with Crippen LogP contribution in [0, 0.1) is 10.1 Å². The summed E-state index contributed by atoms with van der Waals surface area (Å²) in [6.07, 6.45) is 0.852. The summed E-state index contributed by atoms with van der Waals surface area (Å²) < 4.78 is 59.2. The Morgan fingerprint density at radius 1 is 0.821 bits per heavy atom. The number of nitrogen functional groups attached to an aromatic ring is 1. The Morgan fingerprint density at radius 3 is 1.90 bits per heavy atom. The molecule has 0 atom stereocenters. The minimum Gasteiger partial charge on any atom is -0.505 e. The van der Waals surface area contributed by atoms with Crippen molar-refractivity contribution in [3.8, 4) is 5.75 Å². The topological polar surface area (TPSA) is 227 Å². The van der Waals surface area contributed by atoms with Crippen LogP contribution in [0.15, 0.2) is 97.0 Å². The lowest BCUT2D eigenvalue weighted by atomic mass is 10.1. The number of hydrogen-bond donors (Lipinski definition) is 3. The number of non-ortho nitro benzene ring substituents is 1. The Labute approximate surface area is 221 Å². The Bertz CT molecular complexity index is 1890. The zero-order chi connectivity index (χ0) is 28.5. The molecule has 14 nitrogen and oxygen atoms in total. The highest BCUT2D eigenvalue weighted by Crippen LogP contribution is 2.48. The quantitative estimate of drug-likeness (QED) is 0.0834. The third-order valence-electron chi connectivity index (χ3n) is 5.34. The van der Waals surface area contributed by atoms with Gasteiger partial charge in [0.25, 0.3) is 15.8 Å². The standard InChI is InChI=1S/C23H18N6O8S2/c1-38(33,34)17-11-13-12-18(39(35,36)37)22(28-25-14-5-3-2-4-6-14)23(30)19(13)20(24)21(17)27-26-15-7-9-16(10-8-15)29(31)32/h2-12,30H,24H2,1H3,(H,35,36,37). The maximum Gasteiger partial charge on any atom is 0.296 e. The number of nitrogens with two attached hydrogens (primary N) is 1. The minimum atomic E-state index is -4.97. The number of phenolic OH excluding ortho intramolecular Hbond substituents is 1. The zero-order valence-electron chi connectivity index (χ0n) is 19.8. The molecule has 0 saturated carbocycles. The number of hydrogen-bond acceptors (Lipinski definition) is 12. The van der Waals surface area contributed by atoms with Gasteiger partial charge in [-0.3, -0.25) is 14.7 Å². The van der Waals surface area contributed by atoms with Gasteiger partial charge in [-0.05, 0) is 41.8 Å². The number of fused-ring (bicyclic) bond motifs is 1. The van der Waals surface area contributed by atoms with Gasteiger partial charge in [0.05, 0.1) is 32.3 Å². The summed E-state index contributed by atoms with van der Waals surface area (Å²) in [5, 5.41) is 37.0. The molecule has 4 N–H and O–H groups in total. The first kappa shape index (κ1) is 27.2. The molecule has 0 aliphatic heterocycles. The number of sulfone groups is 1. The molecule has 39 heavy (non-hydrogen) atoms. The Morgan fingerprint density at radius 2 is 1.36 bits per heavy atom. The molecule has 0 aliphatic carbocycles. The van der Waals surface area contributed by atoms with E-state index in [1.807, 2.05) is 0 Å². The first-order valence-corrected chi connectivity index (χ1v) is 14.0. The van der Waals surface area contributed by atoms with Gasteiger partial charge in [-0.15, -0.1) is 10.2 Å². The van der Waals surface area contributed by atoms with Gasteiger partial charge in [-0.2, -0.15) is 18.6 Å². The van der Waals surface area contributed by atoms with Crippen molar-refractivity contribution in [3.05, 3.63) is 76.8 Å². The number of azo groups is 2. The second kappa shape index (κ2) is 10.2. The maximum atomic E-state index is 12.6. The van der Waals surface area contributed by atoms with Crippen LogP contribution in [0.25, 0.3) is 10.8 Å². The molecule has 0 saturated heterocycles. The van der Waals surface area contributed by atoms with Crippen molar-refractivity contribution in [3.63, 3.8) is 0 Å². The summed E-state index contributed by atoms with van der Waals surface area (Å²) in [5.74, 6) is -0.816. The van der Waals surface area contributed by atoms with Gasteiger partial charge in [0, 0.05) is 18.4 Å². The third kappa shape index (κ3) is 5.71. The SMILES string of the molecule is CS(=O)(=O)c1cc2cc(S(=O)(=O)O)c(N=Nc3ccccc3)c(O)c2c(N)c1N=Nc1ccc([N+](=O)[O-])cc1. The minimum absolute atomic E-state index is 0.128. The first-order valence-electron chi connectivity index (χ1n) is 10.7. The molecule has 0 bridgehead atoms. The van der Waals surface area contributed by atoms with E-state index in [2.05, 4.69) is 20.5 Å². The number of aromatic hydroxyl groups is 1. The van der Waals surface area contributed by atoms with Crippen LogP contribution in [0.3, 0.4) is 0 Å². The van der Waals surface area contributed by atoms with Gasteiger partial charge in [-0.1, -0.05) is 18.2 Å². The van der Waals surface area contributed by atoms with Gasteiger partial charge in [0.2, 0.25) is 0 Å². The van der Waals surface area contributed by atoms with Crippen LogP contribution in [0.4, 0.5) is 34.1 Å². The van der Waals surface area contributed by atoms with Crippen LogP contribution in [0.5, 0.6) is 5.75 Å². The molecule has 16 heteroatoms. The fourth-order valence-electron chi connectivity index (χ4n) is 3.54. The predicted molar refractivity (Wildman–Crippen MR) is 141 cm³/mol. The highest BCUT2D eigenvalue weighted by molar-refractivity contribution is 7.91. The predicted octanol–water partition coefficient (Wildman–Crippen LogP) is 5.52. The summed E-state index contributed by atoms with van der Waals surface area (Å²) in [7, 11) is -9.02. The average molecular weight is 571 g/mol. The highest BCUT2D eigenvalue weighted by Gasteiger charge is 2.27. The zero-order valence-corrected chi connectivity index (χ0v) is 21.5. The lowest BCUT2D eigenvalue weighted by Crippen LogP contribution is -2.03. The number of phenols is 1. The van der Waals surface area contributed by atoms with E-state index in [-0.39, 0.29) is 27.8 Å². The molecule has 0 heterocycles. The van der Waals surface area contributed by atoms with Gasteiger partial charge in [0.1, 0.15) is 16.3 Å². The second-order valence-electron chi connectivity index (χ2n) is 8.06. The molecular weight excluding hydrogens is 552 g/mol. The number of nitro benzene ring substituents is 1. The Balaban J connectivity index is 1.99. The van der Waals surface area contributed by atoms with Crippen LogP contribution in [-0.2, 0) is 20.0 Å². The van der Waals surface area contributed by atoms with Crippen LogP contribution in [0.1, 0.15) is 0 Å². The molecule has 4 rings (SSSR count). The van der Waals surface area contributed by atoms with Gasteiger partial charge >= 0.3 is 0 Å². The first-order chi connectivity index (χ1) is 18.3. The lowest BCUT2D eigenvalue weighted by molar-refractivity contribution is -0.384. The fourth-order valence-corrected chi connectivity index (χ4v) is 5.04. The molecule has 0 aliphatic rings.